The fraction of sp³-hybridized carbons (Fsp3) is 0.542. The van der Waals surface area contributed by atoms with Crippen LogP contribution in [0.15, 0.2) is 41.3 Å². The van der Waals surface area contributed by atoms with Gasteiger partial charge in [-0.25, -0.2) is 8.42 Å². The molecule has 0 bridgehead atoms. The fourth-order valence-electron chi connectivity index (χ4n) is 4.23. The molecule has 0 N–H and O–H groups in total. The Balaban J connectivity index is 1.28. The molecule has 10 heteroatoms. The number of likely N-dealkylation sites (N-methyl/N-ethyl adjacent to an activating group) is 1. The first kappa shape index (κ1) is 24.4. The number of piperazine rings is 2. The minimum absolute atomic E-state index is 0.0515. The third kappa shape index (κ3) is 5.50. The molecule has 0 atom stereocenters. The molecule has 1 aromatic heterocycles. The SMILES string of the molecule is CC(C)S(=O)(=O)c1ccc(CC(=O)N2CCN(c3ccc(N4CCN(C)CC4)nn3)CC2)cc1. The van der Waals surface area contributed by atoms with Crippen molar-refractivity contribution in [3.8, 4) is 0 Å². The van der Waals surface area contributed by atoms with Gasteiger partial charge in [-0.2, -0.15) is 0 Å². The maximum Gasteiger partial charge on any atom is 0.227 e. The number of rotatable bonds is 6. The Kier molecular flexibility index (Phi) is 7.37. The minimum Gasteiger partial charge on any atom is -0.353 e. The van der Waals surface area contributed by atoms with Crippen LogP contribution in [0.2, 0.25) is 0 Å². The highest BCUT2D eigenvalue weighted by atomic mass is 32.2. The van der Waals surface area contributed by atoms with Crippen LogP contribution >= 0.6 is 0 Å². The van der Waals surface area contributed by atoms with Gasteiger partial charge in [0.25, 0.3) is 0 Å². The van der Waals surface area contributed by atoms with Gasteiger partial charge in [0.15, 0.2) is 21.5 Å². The van der Waals surface area contributed by atoms with Crippen molar-refractivity contribution in [2.24, 2.45) is 0 Å². The van der Waals surface area contributed by atoms with E-state index in [-0.39, 0.29) is 12.3 Å². The number of anilines is 2. The summed E-state index contributed by atoms with van der Waals surface area (Å²) in [5.41, 5.74) is 0.820. The van der Waals surface area contributed by atoms with Crippen LogP contribution in [0.3, 0.4) is 0 Å². The smallest absolute Gasteiger partial charge is 0.227 e. The summed E-state index contributed by atoms with van der Waals surface area (Å²) in [4.78, 5) is 21.7. The maximum absolute atomic E-state index is 12.8. The molecule has 0 radical (unpaired) electrons. The van der Waals surface area contributed by atoms with E-state index in [9.17, 15) is 13.2 Å². The van der Waals surface area contributed by atoms with Crippen LogP contribution in [0, 0.1) is 0 Å². The van der Waals surface area contributed by atoms with Crippen molar-refractivity contribution in [2.75, 3.05) is 69.2 Å². The molecule has 2 aliphatic rings. The number of sulfone groups is 1. The van der Waals surface area contributed by atoms with E-state index in [0.29, 0.717) is 31.1 Å². The Bertz CT molecular complexity index is 1070. The third-order valence-electron chi connectivity index (χ3n) is 6.65. The molecule has 4 rings (SSSR count). The van der Waals surface area contributed by atoms with Gasteiger partial charge in [-0.3, -0.25) is 4.79 Å². The van der Waals surface area contributed by atoms with Gasteiger partial charge in [-0.1, -0.05) is 12.1 Å². The molecule has 3 heterocycles. The van der Waals surface area contributed by atoms with E-state index in [1.807, 2.05) is 17.0 Å². The molecule has 9 nitrogen and oxygen atoms in total. The molecule has 34 heavy (non-hydrogen) atoms. The van der Waals surface area contributed by atoms with Gasteiger partial charge in [-0.05, 0) is 50.7 Å². The number of hydrogen-bond donors (Lipinski definition) is 0. The number of carbonyl (C=O) groups excluding carboxylic acids is 1. The van der Waals surface area contributed by atoms with Gasteiger partial charge < -0.3 is 19.6 Å². The van der Waals surface area contributed by atoms with E-state index in [0.717, 1.165) is 43.4 Å². The number of carbonyl (C=O) groups is 1. The Labute approximate surface area is 202 Å². The van der Waals surface area contributed by atoms with Crippen molar-refractivity contribution in [1.29, 1.82) is 0 Å². The highest BCUT2D eigenvalue weighted by molar-refractivity contribution is 7.92. The van der Waals surface area contributed by atoms with Crippen molar-refractivity contribution in [2.45, 2.75) is 30.4 Å². The zero-order chi connectivity index (χ0) is 24.3. The van der Waals surface area contributed by atoms with E-state index in [2.05, 4.69) is 31.9 Å². The molecule has 0 saturated carbocycles. The van der Waals surface area contributed by atoms with E-state index >= 15 is 0 Å². The van der Waals surface area contributed by atoms with Crippen LogP contribution in [-0.2, 0) is 21.1 Å². The quantitative estimate of drug-likeness (QED) is 0.604. The minimum atomic E-state index is -3.30. The molecular formula is C24H34N6O3S. The molecule has 0 unspecified atom stereocenters. The van der Waals surface area contributed by atoms with Gasteiger partial charge in [0.1, 0.15) is 0 Å². The van der Waals surface area contributed by atoms with Crippen molar-refractivity contribution >= 4 is 27.4 Å². The summed E-state index contributed by atoms with van der Waals surface area (Å²) in [6.07, 6.45) is 0.265. The van der Waals surface area contributed by atoms with E-state index < -0.39 is 15.1 Å². The Morgan fingerprint density at radius 3 is 1.79 bits per heavy atom. The summed E-state index contributed by atoms with van der Waals surface area (Å²) in [5, 5.41) is 8.41. The lowest BCUT2D eigenvalue weighted by Crippen LogP contribution is -2.49. The summed E-state index contributed by atoms with van der Waals surface area (Å²) in [5.74, 6) is 1.81. The molecule has 2 aliphatic heterocycles. The van der Waals surface area contributed by atoms with Crippen molar-refractivity contribution < 1.29 is 13.2 Å². The van der Waals surface area contributed by atoms with Crippen LogP contribution < -0.4 is 9.80 Å². The Morgan fingerprint density at radius 1 is 0.824 bits per heavy atom. The number of hydrogen-bond acceptors (Lipinski definition) is 8. The zero-order valence-electron chi connectivity index (χ0n) is 20.2. The summed E-state index contributed by atoms with van der Waals surface area (Å²) < 4.78 is 24.6. The second kappa shape index (κ2) is 10.3. The molecule has 2 aromatic rings. The van der Waals surface area contributed by atoms with Gasteiger partial charge >= 0.3 is 0 Å². The standard InChI is InChI=1S/C24H34N6O3S/c1-19(2)34(32,33)21-6-4-20(5-7-21)18-24(31)30-16-14-29(15-17-30)23-9-8-22(25-26-23)28-12-10-27(3)11-13-28/h4-9,19H,10-18H2,1-3H3. The first-order valence-corrected chi connectivity index (χ1v) is 13.4. The summed E-state index contributed by atoms with van der Waals surface area (Å²) in [7, 11) is -1.17. The Morgan fingerprint density at radius 2 is 1.32 bits per heavy atom. The largest absolute Gasteiger partial charge is 0.353 e. The first-order valence-electron chi connectivity index (χ1n) is 11.9. The number of benzene rings is 1. The topological polar surface area (TPSA) is 90.0 Å². The summed E-state index contributed by atoms with van der Waals surface area (Å²) >= 11 is 0. The van der Waals surface area contributed by atoms with E-state index in [4.69, 9.17) is 0 Å². The maximum atomic E-state index is 12.8. The zero-order valence-corrected chi connectivity index (χ0v) is 21.0. The van der Waals surface area contributed by atoms with Crippen molar-refractivity contribution in [3.05, 3.63) is 42.0 Å². The van der Waals surface area contributed by atoms with Crippen LogP contribution in [0.4, 0.5) is 11.6 Å². The Hall–Kier alpha value is -2.72. The molecular weight excluding hydrogens is 452 g/mol. The van der Waals surface area contributed by atoms with Crippen LogP contribution in [0.5, 0.6) is 0 Å². The molecule has 2 fully saturated rings. The monoisotopic (exact) mass is 486 g/mol. The lowest BCUT2D eigenvalue weighted by Gasteiger charge is -2.36. The predicted octanol–water partition coefficient (Wildman–Crippen LogP) is 1.30. The third-order valence-corrected chi connectivity index (χ3v) is 8.82. The molecule has 184 valence electrons. The van der Waals surface area contributed by atoms with Gasteiger partial charge in [-0.15, -0.1) is 10.2 Å². The second-order valence-electron chi connectivity index (χ2n) is 9.32. The van der Waals surface area contributed by atoms with Crippen molar-refractivity contribution in [1.82, 2.24) is 20.0 Å². The predicted molar refractivity (Wildman–Crippen MR) is 133 cm³/mol. The normalized spacial score (nSPS) is 17.9. The molecule has 0 spiro atoms. The highest BCUT2D eigenvalue weighted by Crippen LogP contribution is 2.19. The van der Waals surface area contributed by atoms with Gasteiger partial charge in [0.2, 0.25) is 5.91 Å². The van der Waals surface area contributed by atoms with E-state index in [1.54, 1.807) is 38.1 Å². The fourth-order valence-corrected chi connectivity index (χ4v) is 5.29. The summed E-state index contributed by atoms with van der Waals surface area (Å²) in [6, 6.07) is 10.7. The lowest BCUT2D eigenvalue weighted by molar-refractivity contribution is -0.130. The average molecular weight is 487 g/mol. The second-order valence-corrected chi connectivity index (χ2v) is 11.8. The molecule has 1 amide bonds. The number of aromatic nitrogens is 2. The van der Waals surface area contributed by atoms with Crippen molar-refractivity contribution in [3.63, 3.8) is 0 Å². The number of amides is 1. The van der Waals surface area contributed by atoms with Crippen LogP contribution in [0.25, 0.3) is 0 Å². The average Bonchev–Trinajstić information content (AvgIpc) is 2.85. The molecule has 0 aliphatic carbocycles. The van der Waals surface area contributed by atoms with Crippen LogP contribution in [-0.4, -0.2) is 99.0 Å². The van der Waals surface area contributed by atoms with E-state index in [1.165, 1.54) is 0 Å². The van der Waals surface area contributed by atoms with Gasteiger partial charge in [0, 0.05) is 52.4 Å². The lowest BCUT2D eigenvalue weighted by atomic mass is 10.1. The molecule has 2 saturated heterocycles. The van der Waals surface area contributed by atoms with Crippen LogP contribution in [0.1, 0.15) is 19.4 Å². The first-order chi connectivity index (χ1) is 16.2. The number of nitrogens with zero attached hydrogens (tertiary/aromatic N) is 6. The summed E-state index contributed by atoms with van der Waals surface area (Å²) in [6.45, 7) is 9.98. The highest BCUT2D eigenvalue weighted by Gasteiger charge is 2.24. The van der Waals surface area contributed by atoms with Gasteiger partial charge in [0.05, 0.1) is 16.6 Å². The molecule has 1 aromatic carbocycles.